The number of carbonyl (C=O) groups is 1. The molecule has 1 unspecified atom stereocenters. The number of aryl methyl sites for hydroxylation is 2. The third-order valence-corrected chi connectivity index (χ3v) is 5.77. The zero-order valence-corrected chi connectivity index (χ0v) is 15.1. The summed E-state index contributed by atoms with van der Waals surface area (Å²) in [4.78, 5) is 11.4. The van der Waals surface area contributed by atoms with Crippen molar-refractivity contribution in [1.82, 2.24) is 0 Å². The fraction of sp³-hybridized carbons (Fsp3) is 0.588. The van der Waals surface area contributed by atoms with Gasteiger partial charge in [0.2, 0.25) is 0 Å². The molecule has 1 aromatic carbocycles. The van der Waals surface area contributed by atoms with Gasteiger partial charge in [-0.2, -0.15) is 0 Å². The SMILES string of the molecule is CCOP(=O)(CC(CCCc1ccc(C)cc1)C(=O)O)OCC. The molecule has 1 atom stereocenters. The van der Waals surface area contributed by atoms with Gasteiger partial charge >= 0.3 is 13.6 Å². The Kier molecular flexibility index (Phi) is 8.53. The predicted molar refractivity (Wildman–Crippen MR) is 91.0 cm³/mol. The summed E-state index contributed by atoms with van der Waals surface area (Å²) in [7, 11) is -3.33. The molecule has 1 aromatic rings. The Balaban J connectivity index is 2.59. The second-order valence-electron chi connectivity index (χ2n) is 5.54. The van der Waals surface area contributed by atoms with Crippen molar-refractivity contribution in [2.45, 2.75) is 40.0 Å². The van der Waals surface area contributed by atoms with Crippen molar-refractivity contribution < 1.29 is 23.5 Å². The molecule has 1 rings (SSSR count). The van der Waals surface area contributed by atoms with E-state index in [1.54, 1.807) is 13.8 Å². The van der Waals surface area contributed by atoms with Gasteiger partial charge in [-0.1, -0.05) is 29.8 Å². The molecule has 0 spiro atoms. The van der Waals surface area contributed by atoms with Gasteiger partial charge in [0.15, 0.2) is 0 Å². The molecule has 0 aliphatic heterocycles. The van der Waals surface area contributed by atoms with Gasteiger partial charge in [-0.15, -0.1) is 0 Å². The van der Waals surface area contributed by atoms with Crippen LogP contribution in [0.1, 0.15) is 37.8 Å². The molecule has 0 aliphatic rings. The first kappa shape index (κ1) is 19.9. The third kappa shape index (κ3) is 7.30. The van der Waals surface area contributed by atoms with E-state index in [1.165, 1.54) is 11.1 Å². The van der Waals surface area contributed by atoms with Gasteiger partial charge in [-0.3, -0.25) is 9.36 Å². The molecule has 0 radical (unpaired) electrons. The van der Waals surface area contributed by atoms with Crippen molar-refractivity contribution in [3.05, 3.63) is 35.4 Å². The molecular formula is C17H27O5P. The molecule has 1 N–H and O–H groups in total. The quantitative estimate of drug-likeness (QED) is 0.608. The summed E-state index contributed by atoms with van der Waals surface area (Å²) in [6.45, 7) is 5.96. The molecule has 0 aromatic heterocycles. The summed E-state index contributed by atoms with van der Waals surface area (Å²) >= 11 is 0. The van der Waals surface area contributed by atoms with Gasteiger partial charge in [-0.05, 0) is 45.6 Å². The van der Waals surface area contributed by atoms with Crippen LogP contribution in [-0.2, 0) is 24.8 Å². The molecule has 6 heteroatoms. The van der Waals surface area contributed by atoms with Crippen LogP contribution in [0, 0.1) is 12.8 Å². The smallest absolute Gasteiger partial charge is 0.331 e. The van der Waals surface area contributed by atoms with Crippen LogP contribution in [0.4, 0.5) is 0 Å². The third-order valence-electron chi connectivity index (χ3n) is 3.58. The first-order valence-electron chi connectivity index (χ1n) is 8.06. The number of hydrogen-bond donors (Lipinski definition) is 1. The average molecular weight is 342 g/mol. The summed E-state index contributed by atoms with van der Waals surface area (Å²) in [5, 5.41) is 9.37. The minimum atomic E-state index is -3.33. The number of carboxylic acid groups (broad SMARTS) is 1. The van der Waals surface area contributed by atoms with Crippen molar-refractivity contribution in [2.24, 2.45) is 5.92 Å². The molecule has 130 valence electrons. The van der Waals surface area contributed by atoms with Gasteiger partial charge in [0.1, 0.15) is 0 Å². The highest BCUT2D eigenvalue weighted by molar-refractivity contribution is 7.53. The molecular weight excluding hydrogens is 315 g/mol. The number of carboxylic acids is 1. The normalized spacial score (nSPS) is 13.0. The van der Waals surface area contributed by atoms with Crippen LogP contribution in [0.2, 0.25) is 0 Å². The van der Waals surface area contributed by atoms with E-state index < -0.39 is 19.5 Å². The van der Waals surface area contributed by atoms with Gasteiger partial charge in [-0.25, -0.2) is 0 Å². The van der Waals surface area contributed by atoms with Crippen molar-refractivity contribution in [1.29, 1.82) is 0 Å². The van der Waals surface area contributed by atoms with E-state index >= 15 is 0 Å². The summed E-state index contributed by atoms with van der Waals surface area (Å²) in [6, 6.07) is 8.19. The molecule has 0 saturated heterocycles. The van der Waals surface area contributed by atoms with E-state index in [1.807, 2.05) is 19.1 Å². The lowest BCUT2D eigenvalue weighted by Gasteiger charge is -2.20. The first-order valence-corrected chi connectivity index (χ1v) is 9.79. The Labute approximate surface area is 138 Å². The van der Waals surface area contributed by atoms with Gasteiger partial charge in [0, 0.05) is 0 Å². The highest BCUT2D eigenvalue weighted by atomic mass is 31.2. The zero-order valence-electron chi connectivity index (χ0n) is 14.2. The minimum Gasteiger partial charge on any atom is -0.481 e. The van der Waals surface area contributed by atoms with Gasteiger partial charge in [0.05, 0.1) is 25.3 Å². The maximum atomic E-state index is 12.5. The Morgan fingerprint density at radius 3 is 2.22 bits per heavy atom. The lowest BCUT2D eigenvalue weighted by molar-refractivity contribution is -0.141. The Morgan fingerprint density at radius 1 is 1.17 bits per heavy atom. The summed E-state index contributed by atoms with van der Waals surface area (Å²) in [5.41, 5.74) is 2.38. The van der Waals surface area contributed by atoms with E-state index in [4.69, 9.17) is 9.05 Å². The van der Waals surface area contributed by atoms with Gasteiger partial charge in [0.25, 0.3) is 0 Å². The Hall–Kier alpha value is -1.16. The minimum absolute atomic E-state index is 0.0715. The van der Waals surface area contributed by atoms with Crippen LogP contribution >= 0.6 is 7.60 Å². The number of aliphatic carboxylic acids is 1. The summed E-state index contributed by atoms with van der Waals surface area (Å²) in [5.74, 6) is -1.67. The van der Waals surface area contributed by atoms with E-state index in [9.17, 15) is 14.5 Å². The summed E-state index contributed by atoms with van der Waals surface area (Å²) in [6.07, 6.45) is 1.90. The van der Waals surface area contributed by atoms with Crippen LogP contribution in [0.3, 0.4) is 0 Å². The maximum absolute atomic E-state index is 12.5. The van der Waals surface area contributed by atoms with Crippen molar-refractivity contribution in [3.63, 3.8) is 0 Å². The molecule has 0 heterocycles. The lowest BCUT2D eigenvalue weighted by Crippen LogP contribution is -2.20. The van der Waals surface area contributed by atoms with Crippen LogP contribution < -0.4 is 0 Å². The molecule has 0 amide bonds. The number of benzene rings is 1. The average Bonchev–Trinajstić information content (AvgIpc) is 2.48. The highest BCUT2D eigenvalue weighted by Gasteiger charge is 2.32. The zero-order chi connectivity index (χ0) is 17.3. The summed E-state index contributed by atoms with van der Waals surface area (Å²) < 4.78 is 22.9. The second kappa shape index (κ2) is 9.86. The van der Waals surface area contributed by atoms with Crippen LogP contribution in [0.5, 0.6) is 0 Å². The van der Waals surface area contributed by atoms with Crippen LogP contribution in [-0.4, -0.2) is 30.5 Å². The highest BCUT2D eigenvalue weighted by Crippen LogP contribution is 2.50. The first-order chi connectivity index (χ1) is 10.9. The van der Waals surface area contributed by atoms with Crippen LogP contribution in [0.15, 0.2) is 24.3 Å². The van der Waals surface area contributed by atoms with Gasteiger partial charge < -0.3 is 14.2 Å². The number of hydrogen-bond acceptors (Lipinski definition) is 4. The van der Waals surface area contributed by atoms with Crippen molar-refractivity contribution >= 4 is 13.6 Å². The molecule has 0 fully saturated rings. The lowest BCUT2D eigenvalue weighted by atomic mass is 10.0. The topological polar surface area (TPSA) is 72.8 Å². The van der Waals surface area contributed by atoms with E-state index in [0.717, 1.165) is 12.8 Å². The molecule has 5 nitrogen and oxygen atoms in total. The van der Waals surface area contributed by atoms with E-state index in [0.29, 0.717) is 6.42 Å². The number of rotatable bonds is 11. The van der Waals surface area contributed by atoms with Crippen molar-refractivity contribution in [2.75, 3.05) is 19.4 Å². The Bertz CT molecular complexity index is 516. The molecule has 0 aliphatic carbocycles. The molecule has 0 saturated carbocycles. The molecule has 23 heavy (non-hydrogen) atoms. The van der Waals surface area contributed by atoms with Crippen molar-refractivity contribution in [3.8, 4) is 0 Å². The van der Waals surface area contributed by atoms with E-state index in [-0.39, 0.29) is 19.4 Å². The largest absolute Gasteiger partial charge is 0.481 e. The van der Waals surface area contributed by atoms with E-state index in [2.05, 4.69) is 12.1 Å². The van der Waals surface area contributed by atoms with Crippen LogP contribution in [0.25, 0.3) is 0 Å². The monoisotopic (exact) mass is 342 g/mol. The molecule has 0 bridgehead atoms. The fourth-order valence-corrected chi connectivity index (χ4v) is 4.36. The maximum Gasteiger partial charge on any atom is 0.331 e. The standard InChI is InChI=1S/C17H27O5P/c1-4-21-23(20,22-5-2)13-16(17(18)19)8-6-7-15-11-9-14(3)10-12-15/h9-12,16H,4-8,13H2,1-3H3,(H,18,19). The fourth-order valence-electron chi connectivity index (χ4n) is 2.41. The Morgan fingerprint density at radius 2 is 1.74 bits per heavy atom. The predicted octanol–water partition coefficient (Wildman–Crippen LogP) is 4.28. The second-order valence-corrected chi connectivity index (χ2v) is 7.65.